The first-order valence-corrected chi connectivity index (χ1v) is 7.21. The average Bonchev–Trinajstić information content (AvgIpc) is 2.29. The maximum Gasteiger partial charge on any atom is 0.202 e. The number of nitrogens with zero attached hydrogens (tertiary/aromatic N) is 1. The van der Waals surface area contributed by atoms with Crippen LogP contribution in [-0.2, 0) is 0 Å². The van der Waals surface area contributed by atoms with Crippen LogP contribution >= 0.6 is 19.0 Å². The van der Waals surface area contributed by atoms with Gasteiger partial charge in [0, 0.05) is 20.2 Å². The zero-order chi connectivity index (χ0) is 11.1. The molecule has 0 bridgehead atoms. The Labute approximate surface area is 97.5 Å². The normalized spacial score (nSPS) is 13.5. The summed E-state index contributed by atoms with van der Waals surface area (Å²) in [5, 5.41) is 2.56. The van der Waals surface area contributed by atoms with Gasteiger partial charge in [0.25, 0.3) is 0 Å². The summed E-state index contributed by atoms with van der Waals surface area (Å²) in [6.45, 7) is 1.61. The standard InChI is InChI=1S/C12H15NPS/c1-11(7-6-10-13-2)14(15)12-8-4-3-5-9-12/h3-10,15H,1-2H3/q+1. The van der Waals surface area contributed by atoms with Crippen molar-refractivity contribution in [1.29, 1.82) is 0 Å². The third-order valence-electron chi connectivity index (χ3n) is 1.91. The summed E-state index contributed by atoms with van der Waals surface area (Å²) in [5.74, 6) is 0. The smallest absolute Gasteiger partial charge is 0.202 e. The van der Waals surface area contributed by atoms with Gasteiger partial charge in [-0.3, -0.25) is 4.99 Å². The number of thiol groups is 1. The Bertz CT molecular complexity index is 393. The summed E-state index contributed by atoms with van der Waals surface area (Å²) in [6.07, 6.45) is 5.80. The van der Waals surface area contributed by atoms with Crippen LogP contribution in [0.4, 0.5) is 0 Å². The van der Waals surface area contributed by atoms with Crippen molar-refractivity contribution in [3.05, 3.63) is 42.5 Å². The summed E-state index contributed by atoms with van der Waals surface area (Å²) < 4.78 is 0. The van der Waals surface area contributed by atoms with Gasteiger partial charge >= 0.3 is 0 Å². The lowest BCUT2D eigenvalue weighted by molar-refractivity contribution is 1.48. The van der Waals surface area contributed by atoms with E-state index in [0.29, 0.717) is 0 Å². The van der Waals surface area contributed by atoms with Crippen molar-refractivity contribution in [2.24, 2.45) is 4.99 Å². The van der Waals surface area contributed by atoms with Crippen LogP contribution in [0, 0.1) is 0 Å². The second-order valence-corrected chi connectivity index (χ2v) is 6.10. The Kier molecular flexibility index (Phi) is 5.38. The average molecular weight is 236 g/mol. The van der Waals surface area contributed by atoms with Gasteiger partial charge in [0.15, 0.2) is 5.30 Å². The minimum Gasteiger partial charge on any atom is -0.297 e. The molecule has 0 saturated heterocycles. The van der Waals surface area contributed by atoms with Crippen LogP contribution in [0.15, 0.2) is 47.5 Å². The van der Waals surface area contributed by atoms with E-state index in [-0.39, 0.29) is 0 Å². The number of benzene rings is 1. The summed E-state index contributed by atoms with van der Waals surface area (Å²) >= 11 is 4.65. The lowest BCUT2D eigenvalue weighted by Gasteiger charge is -1.90. The molecule has 0 radical (unpaired) electrons. The van der Waals surface area contributed by atoms with Gasteiger partial charge in [0.05, 0.1) is 12.2 Å². The van der Waals surface area contributed by atoms with Gasteiger partial charge in [-0.2, -0.15) is 0 Å². The van der Waals surface area contributed by atoms with Crippen LogP contribution in [0.3, 0.4) is 0 Å². The molecule has 1 aromatic rings. The molecule has 1 nitrogen and oxygen atoms in total. The molecule has 0 saturated carbocycles. The van der Waals surface area contributed by atoms with Crippen LogP contribution in [-0.4, -0.2) is 18.6 Å². The van der Waals surface area contributed by atoms with Gasteiger partial charge < -0.3 is 0 Å². The zero-order valence-electron chi connectivity index (χ0n) is 8.96. The van der Waals surface area contributed by atoms with Crippen molar-refractivity contribution in [2.75, 3.05) is 7.05 Å². The second-order valence-electron chi connectivity index (χ2n) is 3.06. The van der Waals surface area contributed by atoms with Crippen molar-refractivity contribution in [3.8, 4) is 0 Å². The summed E-state index contributed by atoms with van der Waals surface area (Å²) in [6, 6.07) is 10.3. The van der Waals surface area contributed by atoms with E-state index in [0.717, 1.165) is 0 Å². The highest BCUT2D eigenvalue weighted by Gasteiger charge is 2.11. The predicted octanol–water partition coefficient (Wildman–Crippen LogP) is 3.09. The molecule has 1 unspecified atom stereocenters. The van der Waals surface area contributed by atoms with Crippen molar-refractivity contribution in [2.45, 2.75) is 6.92 Å². The van der Waals surface area contributed by atoms with Crippen LogP contribution in [0.1, 0.15) is 6.92 Å². The number of allylic oxidation sites excluding steroid dienone is 2. The number of rotatable bonds is 3. The molecule has 0 aliphatic rings. The minimum atomic E-state index is -0.491. The first-order valence-electron chi connectivity index (χ1n) is 4.72. The monoisotopic (exact) mass is 236 g/mol. The molecule has 3 heteroatoms. The summed E-state index contributed by atoms with van der Waals surface area (Å²) in [7, 11) is 1.76. The Morgan fingerprint density at radius 2 is 2.00 bits per heavy atom. The van der Waals surface area contributed by atoms with Gasteiger partial charge in [-0.05, 0) is 24.3 Å². The molecular weight excluding hydrogens is 221 g/mol. The Morgan fingerprint density at radius 1 is 1.33 bits per heavy atom. The highest BCUT2D eigenvalue weighted by molar-refractivity contribution is 8.47. The van der Waals surface area contributed by atoms with Crippen LogP contribution in [0.2, 0.25) is 0 Å². The fourth-order valence-electron chi connectivity index (χ4n) is 1.11. The fourth-order valence-corrected chi connectivity index (χ4v) is 2.80. The summed E-state index contributed by atoms with van der Waals surface area (Å²) in [4.78, 5) is 3.90. The molecule has 0 amide bonds. The number of aliphatic imine (C=N–C) groups is 1. The van der Waals surface area contributed by atoms with Gasteiger partial charge in [0.1, 0.15) is 5.29 Å². The lowest BCUT2D eigenvalue weighted by Crippen LogP contribution is -1.95. The molecule has 0 aliphatic carbocycles. The largest absolute Gasteiger partial charge is 0.297 e. The molecule has 0 N–H and O–H groups in total. The first kappa shape index (κ1) is 12.2. The van der Waals surface area contributed by atoms with Crippen molar-refractivity contribution >= 4 is 35.8 Å². The van der Waals surface area contributed by atoms with Crippen molar-refractivity contribution < 1.29 is 0 Å². The Morgan fingerprint density at radius 3 is 2.60 bits per heavy atom. The maximum atomic E-state index is 4.65. The van der Waals surface area contributed by atoms with E-state index in [2.05, 4.69) is 42.4 Å². The topological polar surface area (TPSA) is 12.4 Å². The molecule has 15 heavy (non-hydrogen) atoms. The predicted molar refractivity (Wildman–Crippen MR) is 76.2 cm³/mol. The van der Waals surface area contributed by atoms with Gasteiger partial charge in [0.2, 0.25) is 6.75 Å². The van der Waals surface area contributed by atoms with Crippen molar-refractivity contribution in [1.82, 2.24) is 0 Å². The van der Waals surface area contributed by atoms with Gasteiger partial charge in [-0.15, -0.1) is 0 Å². The fraction of sp³-hybridized carbons (Fsp3) is 0.167. The molecule has 0 fully saturated rings. The molecule has 1 aromatic carbocycles. The molecule has 0 aromatic heterocycles. The highest BCUT2D eigenvalue weighted by atomic mass is 32.7. The molecule has 78 valence electrons. The van der Waals surface area contributed by atoms with E-state index in [1.54, 1.807) is 13.3 Å². The quantitative estimate of drug-likeness (QED) is 0.470. The van der Waals surface area contributed by atoms with E-state index in [4.69, 9.17) is 0 Å². The molecule has 1 atom stereocenters. The van der Waals surface area contributed by atoms with E-state index in [1.807, 2.05) is 24.3 Å². The maximum absolute atomic E-state index is 4.65. The van der Waals surface area contributed by atoms with E-state index >= 15 is 0 Å². The minimum absolute atomic E-state index is 0.491. The molecule has 1 rings (SSSR count). The third kappa shape index (κ3) is 4.03. The molecule has 0 heterocycles. The third-order valence-corrected chi connectivity index (χ3v) is 5.15. The molecule has 0 spiro atoms. The zero-order valence-corrected chi connectivity index (χ0v) is 10.7. The van der Waals surface area contributed by atoms with Gasteiger partial charge in [-0.1, -0.05) is 18.2 Å². The van der Waals surface area contributed by atoms with Gasteiger partial charge in [-0.25, -0.2) is 0 Å². The number of hydrogen-bond donors (Lipinski definition) is 1. The van der Waals surface area contributed by atoms with Crippen molar-refractivity contribution in [3.63, 3.8) is 0 Å². The van der Waals surface area contributed by atoms with Crippen LogP contribution < -0.4 is 5.30 Å². The molecule has 0 aliphatic heterocycles. The first-order chi connectivity index (χ1) is 7.25. The van der Waals surface area contributed by atoms with E-state index in [1.165, 1.54) is 10.6 Å². The van der Waals surface area contributed by atoms with E-state index < -0.39 is 6.75 Å². The SMILES string of the molecule is CN=CC=CC(C)=[P+](S)c1ccccc1. The number of hydrogen-bond acceptors (Lipinski definition) is 2. The lowest BCUT2D eigenvalue weighted by atomic mass is 10.4. The van der Waals surface area contributed by atoms with Crippen LogP contribution in [0.5, 0.6) is 0 Å². The molecular formula is C12H15NPS+. The Hall–Kier alpha value is -0.850. The van der Waals surface area contributed by atoms with Crippen LogP contribution in [0.25, 0.3) is 0 Å². The van der Waals surface area contributed by atoms with E-state index in [9.17, 15) is 0 Å². The second kappa shape index (κ2) is 6.60. The Balaban J connectivity index is 2.91. The highest BCUT2D eigenvalue weighted by Crippen LogP contribution is 2.29. The summed E-state index contributed by atoms with van der Waals surface area (Å²) in [5.41, 5.74) is 0.